The van der Waals surface area contributed by atoms with E-state index in [2.05, 4.69) is 34.3 Å². The van der Waals surface area contributed by atoms with E-state index in [9.17, 15) is 13.2 Å². The van der Waals surface area contributed by atoms with E-state index >= 15 is 0 Å². The number of benzene rings is 2. The molecule has 2 aromatic carbocycles. The van der Waals surface area contributed by atoms with Crippen LogP contribution >= 0.6 is 0 Å². The molecular formula is C22H28N2O3S. The third kappa shape index (κ3) is 4.45. The molecule has 0 aliphatic heterocycles. The summed E-state index contributed by atoms with van der Waals surface area (Å²) in [6.45, 7) is 3.41. The zero-order valence-electron chi connectivity index (χ0n) is 16.6. The SMILES string of the molecule is CNC(=O)c1ccc(-c2ccc([C@H]3CCC[C@@H]3NS(=O)(=O)C(C)C)cc2)cc1. The van der Waals surface area contributed by atoms with Gasteiger partial charge in [-0.05, 0) is 55.5 Å². The Morgan fingerprint density at radius 1 is 0.964 bits per heavy atom. The van der Waals surface area contributed by atoms with Crippen molar-refractivity contribution >= 4 is 15.9 Å². The Bertz CT molecular complexity index is 919. The van der Waals surface area contributed by atoms with Gasteiger partial charge >= 0.3 is 0 Å². The first-order chi connectivity index (χ1) is 13.3. The van der Waals surface area contributed by atoms with E-state index in [0.29, 0.717) is 5.56 Å². The Balaban J connectivity index is 1.75. The fourth-order valence-corrected chi connectivity index (χ4v) is 4.70. The van der Waals surface area contributed by atoms with Crippen molar-refractivity contribution in [3.8, 4) is 11.1 Å². The third-order valence-corrected chi connectivity index (χ3v) is 7.37. The van der Waals surface area contributed by atoms with Crippen molar-refractivity contribution < 1.29 is 13.2 Å². The molecule has 6 heteroatoms. The van der Waals surface area contributed by atoms with Crippen molar-refractivity contribution in [2.45, 2.75) is 50.3 Å². The molecule has 2 N–H and O–H groups in total. The van der Waals surface area contributed by atoms with Gasteiger partial charge in [0.25, 0.3) is 5.91 Å². The quantitative estimate of drug-likeness (QED) is 0.777. The van der Waals surface area contributed by atoms with Crippen molar-refractivity contribution in [3.05, 3.63) is 59.7 Å². The smallest absolute Gasteiger partial charge is 0.251 e. The number of sulfonamides is 1. The number of hydrogen-bond acceptors (Lipinski definition) is 3. The molecular weight excluding hydrogens is 372 g/mol. The lowest BCUT2D eigenvalue weighted by Crippen LogP contribution is -2.40. The van der Waals surface area contributed by atoms with Crippen LogP contribution in [0.4, 0.5) is 0 Å². The van der Waals surface area contributed by atoms with Gasteiger partial charge in [0, 0.05) is 24.6 Å². The van der Waals surface area contributed by atoms with Gasteiger partial charge in [-0.3, -0.25) is 4.79 Å². The maximum atomic E-state index is 12.3. The molecule has 28 heavy (non-hydrogen) atoms. The van der Waals surface area contributed by atoms with Crippen LogP contribution in [-0.4, -0.2) is 32.7 Å². The highest BCUT2D eigenvalue weighted by atomic mass is 32.2. The Kier molecular flexibility index (Phi) is 6.20. The summed E-state index contributed by atoms with van der Waals surface area (Å²) in [6, 6.07) is 15.8. The van der Waals surface area contributed by atoms with E-state index in [1.165, 1.54) is 5.56 Å². The summed E-state index contributed by atoms with van der Waals surface area (Å²) in [6.07, 6.45) is 2.89. The Morgan fingerprint density at radius 2 is 1.54 bits per heavy atom. The summed E-state index contributed by atoms with van der Waals surface area (Å²) >= 11 is 0. The fraction of sp³-hybridized carbons (Fsp3) is 0.409. The molecule has 1 aliphatic rings. The lowest BCUT2D eigenvalue weighted by atomic mass is 9.92. The summed E-state index contributed by atoms with van der Waals surface area (Å²) < 4.78 is 27.4. The van der Waals surface area contributed by atoms with Crippen LogP contribution in [0.2, 0.25) is 0 Å². The van der Waals surface area contributed by atoms with Gasteiger partial charge in [0.1, 0.15) is 0 Å². The highest BCUT2D eigenvalue weighted by Gasteiger charge is 2.32. The molecule has 0 bridgehead atoms. The van der Waals surface area contributed by atoms with Crippen molar-refractivity contribution in [1.29, 1.82) is 0 Å². The predicted octanol–water partition coefficient (Wildman–Crippen LogP) is 3.68. The van der Waals surface area contributed by atoms with Crippen LogP contribution in [0, 0.1) is 0 Å². The summed E-state index contributed by atoms with van der Waals surface area (Å²) in [5.41, 5.74) is 3.92. The second kappa shape index (κ2) is 8.45. The van der Waals surface area contributed by atoms with Crippen LogP contribution in [0.5, 0.6) is 0 Å². The van der Waals surface area contributed by atoms with Crippen LogP contribution in [0.15, 0.2) is 48.5 Å². The van der Waals surface area contributed by atoms with Gasteiger partial charge in [-0.1, -0.05) is 42.8 Å². The first kappa shape index (κ1) is 20.6. The van der Waals surface area contributed by atoms with E-state index in [1.807, 2.05) is 24.3 Å². The molecule has 1 aliphatic carbocycles. The molecule has 1 amide bonds. The number of amides is 1. The summed E-state index contributed by atoms with van der Waals surface area (Å²) in [5.74, 6) is 0.108. The second-order valence-electron chi connectivity index (χ2n) is 7.63. The Labute approximate surface area is 167 Å². The molecule has 0 radical (unpaired) electrons. The van der Waals surface area contributed by atoms with Gasteiger partial charge in [-0.15, -0.1) is 0 Å². The molecule has 0 saturated heterocycles. The molecule has 0 spiro atoms. The Morgan fingerprint density at radius 3 is 2.07 bits per heavy atom. The van der Waals surface area contributed by atoms with Gasteiger partial charge in [0.15, 0.2) is 0 Å². The van der Waals surface area contributed by atoms with Gasteiger partial charge in [-0.25, -0.2) is 13.1 Å². The normalized spacial score (nSPS) is 19.7. The Hall–Kier alpha value is -2.18. The molecule has 150 valence electrons. The van der Waals surface area contributed by atoms with Crippen molar-refractivity contribution in [1.82, 2.24) is 10.0 Å². The monoisotopic (exact) mass is 400 g/mol. The van der Waals surface area contributed by atoms with Gasteiger partial charge in [0.2, 0.25) is 10.0 Å². The molecule has 2 atom stereocenters. The van der Waals surface area contributed by atoms with Crippen LogP contribution in [0.1, 0.15) is 54.9 Å². The molecule has 0 heterocycles. The predicted molar refractivity (Wildman–Crippen MR) is 113 cm³/mol. The van der Waals surface area contributed by atoms with E-state index in [1.54, 1.807) is 20.9 Å². The van der Waals surface area contributed by atoms with E-state index in [0.717, 1.165) is 30.4 Å². The average Bonchev–Trinajstić information content (AvgIpc) is 3.15. The summed E-state index contributed by atoms with van der Waals surface area (Å²) in [5, 5.41) is 2.20. The highest BCUT2D eigenvalue weighted by Crippen LogP contribution is 2.36. The summed E-state index contributed by atoms with van der Waals surface area (Å²) in [7, 11) is -1.65. The van der Waals surface area contributed by atoms with Crippen LogP contribution < -0.4 is 10.0 Å². The minimum Gasteiger partial charge on any atom is -0.355 e. The van der Waals surface area contributed by atoms with Crippen LogP contribution in [0.25, 0.3) is 11.1 Å². The minimum absolute atomic E-state index is 0.0370. The zero-order valence-corrected chi connectivity index (χ0v) is 17.4. The van der Waals surface area contributed by atoms with Crippen LogP contribution in [-0.2, 0) is 10.0 Å². The number of carbonyl (C=O) groups is 1. The maximum Gasteiger partial charge on any atom is 0.251 e. The van der Waals surface area contributed by atoms with Crippen molar-refractivity contribution in [2.24, 2.45) is 0 Å². The molecule has 0 unspecified atom stereocenters. The minimum atomic E-state index is -3.27. The molecule has 3 rings (SSSR count). The lowest BCUT2D eigenvalue weighted by Gasteiger charge is -2.23. The van der Waals surface area contributed by atoms with Crippen molar-refractivity contribution in [2.75, 3.05) is 7.05 Å². The first-order valence-corrected chi connectivity index (χ1v) is 11.3. The van der Waals surface area contributed by atoms with E-state index in [4.69, 9.17) is 0 Å². The van der Waals surface area contributed by atoms with E-state index < -0.39 is 15.3 Å². The lowest BCUT2D eigenvalue weighted by molar-refractivity contribution is 0.0963. The molecule has 1 saturated carbocycles. The number of rotatable bonds is 6. The van der Waals surface area contributed by atoms with Gasteiger partial charge in [0.05, 0.1) is 5.25 Å². The van der Waals surface area contributed by atoms with E-state index in [-0.39, 0.29) is 17.9 Å². The molecule has 1 fully saturated rings. The highest BCUT2D eigenvalue weighted by molar-refractivity contribution is 7.90. The summed E-state index contributed by atoms with van der Waals surface area (Å²) in [4.78, 5) is 11.7. The maximum absolute atomic E-state index is 12.3. The number of hydrogen-bond donors (Lipinski definition) is 2. The molecule has 5 nitrogen and oxygen atoms in total. The van der Waals surface area contributed by atoms with Crippen LogP contribution in [0.3, 0.4) is 0 Å². The average molecular weight is 401 g/mol. The zero-order chi connectivity index (χ0) is 20.3. The topological polar surface area (TPSA) is 75.3 Å². The largest absolute Gasteiger partial charge is 0.355 e. The van der Waals surface area contributed by atoms with Gasteiger partial charge < -0.3 is 5.32 Å². The second-order valence-corrected chi connectivity index (χ2v) is 9.90. The number of carbonyl (C=O) groups excluding carboxylic acids is 1. The molecule has 2 aromatic rings. The van der Waals surface area contributed by atoms with Crippen molar-refractivity contribution in [3.63, 3.8) is 0 Å². The number of nitrogens with one attached hydrogen (secondary N) is 2. The third-order valence-electron chi connectivity index (χ3n) is 5.50. The first-order valence-electron chi connectivity index (χ1n) is 9.75. The molecule has 0 aromatic heterocycles. The standard InChI is InChI=1S/C22H28N2O3S/c1-15(2)28(26,27)24-21-6-4-5-20(21)18-11-7-16(8-12-18)17-9-13-19(14-10-17)22(25)23-3/h7-15,20-21,24H,4-6H2,1-3H3,(H,23,25)/t20-,21+/m1/s1. The fourth-order valence-electron chi connectivity index (χ4n) is 3.73. The van der Waals surface area contributed by atoms with Gasteiger partial charge in [-0.2, -0.15) is 0 Å².